The number of nitrogens with one attached hydrogen (secondary N) is 1. The largest absolute Gasteiger partial charge is 0.480 e. The van der Waals surface area contributed by atoms with Crippen LogP contribution in [0.1, 0.15) is 26.2 Å². The van der Waals surface area contributed by atoms with E-state index >= 15 is 0 Å². The van der Waals surface area contributed by atoms with Crippen molar-refractivity contribution in [3.8, 4) is 0 Å². The fraction of sp³-hybridized carbons (Fsp3) is 0.900. The van der Waals surface area contributed by atoms with Crippen LogP contribution in [-0.2, 0) is 9.53 Å². The Morgan fingerprint density at radius 1 is 1.64 bits per heavy atom. The van der Waals surface area contributed by atoms with Crippen LogP contribution in [0.5, 0.6) is 0 Å². The summed E-state index contributed by atoms with van der Waals surface area (Å²) in [6.07, 6.45) is 2.94. The van der Waals surface area contributed by atoms with Crippen LogP contribution in [0.3, 0.4) is 0 Å². The molecule has 82 valence electrons. The Kier molecular flexibility index (Phi) is 4.35. The molecular weight excluding hydrogens is 182 g/mol. The number of carboxylic acids is 1. The van der Waals surface area contributed by atoms with Gasteiger partial charge in [0.1, 0.15) is 6.04 Å². The molecule has 1 saturated carbocycles. The predicted octanol–water partition coefficient (Wildman–Crippen LogP) is 0.864. The van der Waals surface area contributed by atoms with Crippen molar-refractivity contribution in [1.29, 1.82) is 0 Å². The quantitative estimate of drug-likeness (QED) is 0.641. The van der Waals surface area contributed by atoms with Gasteiger partial charge in [-0.3, -0.25) is 4.79 Å². The van der Waals surface area contributed by atoms with Crippen molar-refractivity contribution < 1.29 is 14.6 Å². The van der Waals surface area contributed by atoms with Crippen LogP contribution >= 0.6 is 0 Å². The summed E-state index contributed by atoms with van der Waals surface area (Å²) < 4.78 is 4.94. The Labute approximate surface area is 84.6 Å². The molecule has 14 heavy (non-hydrogen) atoms. The van der Waals surface area contributed by atoms with E-state index in [1.54, 1.807) is 7.11 Å². The third kappa shape index (κ3) is 3.64. The molecule has 0 bridgehead atoms. The van der Waals surface area contributed by atoms with Crippen LogP contribution in [0.25, 0.3) is 0 Å². The molecular formula is C10H19NO3. The molecule has 0 radical (unpaired) electrons. The van der Waals surface area contributed by atoms with Gasteiger partial charge < -0.3 is 15.2 Å². The topological polar surface area (TPSA) is 58.6 Å². The summed E-state index contributed by atoms with van der Waals surface area (Å²) in [5, 5.41) is 12.1. The highest BCUT2D eigenvalue weighted by Crippen LogP contribution is 2.33. The SMILES string of the molecule is COCCC(C)NC(C(=O)O)C1CC1. The zero-order valence-electron chi connectivity index (χ0n) is 8.82. The van der Waals surface area contributed by atoms with Crippen LogP contribution in [0.4, 0.5) is 0 Å². The van der Waals surface area contributed by atoms with Crippen molar-refractivity contribution in [2.24, 2.45) is 5.92 Å². The lowest BCUT2D eigenvalue weighted by Gasteiger charge is -2.19. The Morgan fingerprint density at radius 3 is 2.71 bits per heavy atom. The highest BCUT2D eigenvalue weighted by atomic mass is 16.5. The average Bonchev–Trinajstić information content (AvgIpc) is 2.93. The van der Waals surface area contributed by atoms with Crippen LogP contribution in [0, 0.1) is 5.92 Å². The summed E-state index contributed by atoms with van der Waals surface area (Å²) >= 11 is 0. The first-order valence-corrected chi connectivity index (χ1v) is 5.13. The number of carbonyl (C=O) groups is 1. The minimum Gasteiger partial charge on any atom is -0.480 e. The van der Waals surface area contributed by atoms with Crippen molar-refractivity contribution in [3.63, 3.8) is 0 Å². The van der Waals surface area contributed by atoms with Gasteiger partial charge in [-0.1, -0.05) is 0 Å². The van der Waals surface area contributed by atoms with Crippen molar-refractivity contribution in [2.45, 2.75) is 38.3 Å². The second-order valence-electron chi connectivity index (χ2n) is 4.00. The van der Waals surface area contributed by atoms with E-state index in [0.717, 1.165) is 19.3 Å². The molecule has 4 nitrogen and oxygen atoms in total. The third-order valence-corrected chi connectivity index (χ3v) is 2.58. The van der Waals surface area contributed by atoms with Gasteiger partial charge in [0, 0.05) is 19.8 Å². The van der Waals surface area contributed by atoms with Gasteiger partial charge in [0.2, 0.25) is 0 Å². The molecule has 0 saturated heterocycles. The molecule has 2 atom stereocenters. The maximum Gasteiger partial charge on any atom is 0.320 e. The normalized spacial score (nSPS) is 20.4. The minimum atomic E-state index is -0.725. The Hall–Kier alpha value is -0.610. The van der Waals surface area contributed by atoms with Crippen LogP contribution in [0.15, 0.2) is 0 Å². The number of aliphatic carboxylic acids is 1. The summed E-state index contributed by atoms with van der Waals surface area (Å²) in [4.78, 5) is 10.9. The van der Waals surface area contributed by atoms with E-state index in [0.29, 0.717) is 12.5 Å². The molecule has 2 unspecified atom stereocenters. The average molecular weight is 201 g/mol. The summed E-state index contributed by atoms with van der Waals surface area (Å²) in [5.74, 6) is -0.380. The number of carboxylic acid groups (broad SMARTS) is 1. The van der Waals surface area contributed by atoms with Gasteiger partial charge in [-0.2, -0.15) is 0 Å². The van der Waals surface area contributed by atoms with Crippen molar-refractivity contribution >= 4 is 5.97 Å². The zero-order chi connectivity index (χ0) is 10.6. The molecule has 0 aliphatic heterocycles. The van der Waals surface area contributed by atoms with E-state index < -0.39 is 5.97 Å². The summed E-state index contributed by atoms with van der Waals surface area (Å²) in [5.41, 5.74) is 0. The number of rotatable bonds is 7. The van der Waals surface area contributed by atoms with Gasteiger partial charge in [0.05, 0.1) is 0 Å². The van der Waals surface area contributed by atoms with Crippen molar-refractivity contribution in [1.82, 2.24) is 5.32 Å². The molecule has 0 spiro atoms. The Balaban J connectivity index is 2.27. The van der Waals surface area contributed by atoms with Gasteiger partial charge >= 0.3 is 5.97 Å². The standard InChI is InChI=1S/C10H19NO3/c1-7(5-6-14-2)11-9(10(12)13)8-3-4-8/h7-9,11H,3-6H2,1-2H3,(H,12,13). The molecule has 0 aromatic rings. The molecule has 0 heterocycles. The molecule has 2 N–H and O–H groups in total. The number of methoxy groups -OCH3 is 1. The molecule has 0 aromatic heterocycles. The predicted molar refractivity (Wildman–Crippen MR) is 53.2 cm³/mol. The highest BCUT2D eigenvalue weighted by molar-refractivity contribution is 5.74. The maximum absolute atomic E-state index is 10.9. The van der Waals surface area contributed by atoms with E-state index in [1.165, 1.54) is 0 Å². The first-order chi connectivity index (χ1) is 6.65. The van der Waals surface area contributed by atoms with Gasteiger partial charge in [-0.25, -0.2) is 0 Å². The number of ether oxygens (including phenoxy) is 1. The number of hydrogen-bond acceptors (Lipinski definition) is 3. The lowest BCUT2D eigenvalue weighted by Crippen LogP contribution is -2.43. The van der Waals surface area contributed by atoms with E-state index in [2.05, 4.69) is 5.32 Å². The molecule has 1 aliphatic carbocycles. The van der Waals surface area contributed by atoms with E-state index in [-0.39, 0.29) is 12.1 Å². The smallest absolute Gasteiger partial charge is 0.320 e. The van der Waals surface area contributed by atoms with Gasteiger partial charge in [0.15, 0.2) is 0 Å². The van der Waals surface area contributed by atoms with Crippen molar-refractivity contribution in [2.75, 3.05) is 13.7 Å². The van der Waals surface area contributed by atoms with E-state index in [9.17, 15) is 4.79 Å². The third-order valence-electron chi connectivity index (χ3n) is 2.58. The fourth-order valence-electron chi connectivity index (χ4n) is 1.52. The van der Waals surface area contributed by atoms with Crippen LogP contribution < -0.4 is 5.32 Å². The molecule has 0 aromatic carbocycles. The Bertz CT molecular complexity index is 192. The van der Waals surface area contributed by atoms with Crippen LogP contribution in [-0.4, -0.2) is 36.9 Å². The lowest BCUT2D eigenvalue weighted by atomic mass is 10.1. The van der Waals surface area contributed by atoms with Gasteiger partial charge in [0.25, 0.3) is 0 Å². The lowest BCUT2D eigenvalue weighted by molar-refractivity contribution is -0.140. The molecule has 4 heteroatoms. The minimum absolute atomic E-state index is 0.205. The van der Waals surface area contributed by atoms with E-state index in [1.807, 2.05) is 6.92 Å². The molecule has 0 amide bonds. The summed E-state index contributed by atoms with van der Waals surface area (Å²) in [7, 11) is 1.66. The highest BCUT2D eigenvalue weighted by Gasteiger charge is 2.36. The van der Waals surface area contributed by atoms with Crippen LogP contribution in [0.2, 0.25) is 0 Å². The fourth-order valence-corrected chi connectivity index (χ4v) is 1.52. The number of hydrogen-bond donors (Lipinski definition) is 2. The molecule has 1 aliphatic rings. The second-order valence-corrected chi connectivity index (χ2v) is 4.00. The molecule has 1 rings (SSSR count). The first-order valence-electron chi connectivity index (χ1n) is 5.13. The van der Waals surface area contributed by atoms with Gasteiger partial charge in [-0.05, 0) is 32.1 Å². The Morgan fingerprint density at radius 2 is 2.29 bits per heavy atom. The van der Waals surface area contributed by atoms with Crippen molar-refractivity contribution in [3.05, 3.63) is 0 Å². The van der Waals surface area contributed by atoms with E-state index in [4.69, 9.17) is 9.84 Å². The zero-order valence-corrected chi connectivity index (χ0v) is 8.82. The summed E-state index contributed by atoms with van der Waals surface area (Å²) in [6.45, 7) is 2.67. The first kappa shape index (κ1) is 11.5. The maximum atomic E-state index is 10.9. The molecule has 1 fully saturated rings. The monoisotopic (exact) mass is 201 g/mol. The summed E-state index contributed by atoms with van der Waals surface area (Å²) in [6, 6.07) is -0.154. The van der Waals surface area contributed by atoms with Gasteiger partial charge in [-0.15, -0.1) is 0 Å². The second kappa shape index (κ2) is 5.32.